The molecule has 1 saturated heterocycles. The summed E-state index contributed by atoms with van der Waals surface area (Å²) < 4.78 is 5.28. The van der Waals surface area contributed by atoms with Crippen molar-refractivity contribution in [3.05, 3.63) is 12.0 Å². The first-order valence-electron chi connectivity index (χ1n) is 5.63. The van der Waals surface area contributed by atoms with Crippen molar-refractivity contribution in [3.8, 4) is 0 Å². The normalized spacial score (nSPS) is 18.8. The van der Waals surface area contributed by atoms with E-state index >= 15 is 0 Å². The SMILES string of the molecule is CC(C)c1oncc1N1CCC(N)CC1. The Kier molecular flexibility index (Phi) is 2.95. The van der Waals surface area contributed by atoms with Crippen LogP contribution in [0.2, 0.25) is 0 Å². The van der Waals surface area contributed by atoms with Crippen LogP contribution in [-0.4, -0.2) is 24.3 Å². The Bertz CT molecular complexity index is 313. The van der Waals surface area contributed by atoms with E-state index in [-0.39, 0.29) is 0 Å². The summed E-state index contributed by atoms with van der Waals surface area (Å²) in [6.45, 7) is 6.28. The van der Waals surface area contributed by atoms with Crippen LogP contribution in [0.3, 0.4) is 0 Å². The highest BCUT2D eigenvalue weighted by molar-refractivity contribution is 5.49. The molecule has 1 aliphatic heterocycles. The number of hydrogen-bond donors (Lipinski definition) is 1. The number of nitrogens with zero attached hydrogens (tertiary/aromatic N) is 2. The zero-order valence-electron chi connectivity index (χ0n) is 9.44. The highest BCUT2D eigenvalue weighted by Crippen LogP contribution is 2.28. The molecule has 0 saturated carbocycles. The Morgan fingerprint density at radius 3 is 2.73 bits per heavy atom. The van der Waals surface area contributed by atoms with Crippen LogP contribution in [0.1, 0.15) is 38.4 Å². The Morgan fingerprint density at radius 1 is 1.47 bits per heavy atom. The predicted octanol–water partition coefficient (Wildman–Crippen LogP) is 1.73. The summed E-state index contributed by atoms with van der Waals surface area (Å²) in [7, 11) is 0. The maximum Gasteiger partial charge on any atom is 0.162 e. The summed E-state index contributed by atoms with van der Waals surface area (Å²) in [4.78, 5) is 2.33. The van der Waals surface area contributed by atoms with Crippen molar-refractivity contribution in [1.82, 2.24) is 5.16 Å². The lowest BCUT2D eigenvalue weighted by Crippen LogP contribution is -2.39. The van der Waals surface area contributed by atoms with E-state index in [1.54, 1.807) is 0 Å². The predicted molar refractivity (Wildman–Crippen MR) is 60.0 cm³/mol. The number of rotatable bonds is 2. The van der Waals surface area contributed by atoms with Gasteiger partial charge in [-0.05, 0) is 12.8 Å². The zero-order chi connectivity index (χ0) is 10.8. The first-order chi connectivity index (χ1) is 7.18. The van der Waals surface area contributed by atoms with E-state index in [0.29, 0.717) is 12.0 Å². The largest absolute Gasteiger partial charge is 0.367 e. The van der Waals surface area contributed by atoms with E-state index in [1.165, 1.54) is 0 Å². The second-order valence-electron chi connectivity index (χ2n) is 4.55. The molecule has 1 aromatic heterocycles. The standard InChI is InChI=1S/C11H19N3O/c1-8(2)11-10(7-13-15-11)14-5-3-9(12)4-6-14/h7-9H,3-6,12H2,1-2H3. The van der Waals surface area contributed by atoms with Gasteiger partial charge in [0, 0.05) is 25.0 Å². The fraction of sp³-hybridized carbons (Fsp3) is 0.727. The third-order valence-corrected chi connectivity index (χ3v) is 2.98. The van der Waals surface area contributed by atoms with E-state index in [4.69, 9.17) is 10.3 Å². The van der Waals surface area contributed by atoms with Crippen molar-refractivity contribution in [2.24, 2.45) is 5.73 Å². The lowest BCUT2D eigenvalue weighted by molar-refractivity contribution is 0.370. The Hall–Kier alpha value is -1.03. The first-order valence-corrected chi connectivity index (χ1v) is 5.63. The van der Waals surface area contributed by atoms with Crippen LogP contribution in [0.15, 0.2) is 10.7 Å². The van der Waals surface area contributed by atoms with Gasteiger partial charge in [0.05, 0.1) is 6.20 Å². The van der Waals surface area contributed by atoms with Gasteiger partial charge < -0.3 is 15.2 Å². The van der Waals surface area contributed by atoms with E-state index in [9.17, 15) is 0 Å². The van der Waals surface area contributed by atoms with E-state index in [0.717, 1.165) is 37.4 Å². The minimum atomic E-state index is 0.364. The Balaban J connectivity index is 2.12. The number of hydrogen-bond acceptors (Lipinski definition) is 4. The van der Waals surface area contributed by atoms with Crippen LogP contribution in [0, 0.1) is 0 Å². The van der Waals surface area contributed by atoms with Crippen LogP contribution in [0.25, 0.3) is 0 Å². The average molecular weight is 209 g/mol. The molecule has 1 aromatic rings. The summed E-state index contributed by atoms with van der Waals surface area (Å²) in [5, 5.41) is 3.89. The molecule has 0 atom stereocenters. The second kappa shape index (κ2) is 4.23. The third kappa shape index (κ3) is 2.15. The topological polar surface area (TPSA) is 55.3 Å². The molecule has 15 heavy (non-hydrogen) atoms. The molecular formula is C11H19N3O. The number of aromatic nitrogens is 1. The molecule has 1 fully saturated rings. The van der Waals surface area contributed by atoms with Crippen molar-refractivity contribution in [1.29, 1.82) is 0 Å². The molecule has 0 radical (unpaired) electrons. The van der Waals surface area contributed by atoms with Gasteiger partial charge in [-0.2, -0.15) is 0 Å². The summed E-state index contributed by atoms with van der Waals surface area (Å²) >= 11 is 0. The van der Waals surface area contributed by atoms with E-state index in [2.05, 4.69) is 23.9 Å². The lowest BCUT2D eigenvalue weighted by Gasteiger charge is -2.31. The number of piperidine rings is 1. The molecule has 0 aromatic carbocycles. The molecule has 0 aliphatic carbocycles. The number of nitrogens with two attached hydrogens (primary N) is 1. The molecule has 0 unspecified atom stereocenters. The van der Waals surface area contributed by atoms with Crippen molar-refractivity contribution in [3.63, 3.8) is 0 Å². The summed E-state index contributed by atoms with van der Waals surface area (Å²) in [6.07, 6.45) is 3.94. The maximum absolute atomic E-state index is 5.88. The highest BCUT2D eigenvalue weighted by atomic mass is 16.5. The van der Waals surface area contributed by atoms with Crippen LogP contribution >= 0.6 is 0 Å². The maximum atomic E-state index is 5.88. The van der Waals surface area contributed by atoms with Gasteiger partial charge in [0.15, 0.2) is 5.76 Å². The summed E-state index contributed by atoms with van der Waals surface area (Å²) in [5.74, 6) is 1.38. The summed E-state index contributed by atoms with van der Waals surface area (Å²) in [6, 6.07) is 0.364. The third-order valence-electron chi connectivity index (χ3n) is 2.98. The van der Waals surface area contributed by atoms with Gasteiger partial charge >= 0.3 is 0 Å². The summed E-state index contributed by atoms with van der Waals surface area (Å²) in [5.41, 5.74) is 7.03. The van der Waals surface area contributed by atoms with Gasteiger partial charge in [-0.25, -0.2) is 0 Å². The Labute approximate surface area is 90.4 Å². The quantitative estimate of drug-likeness (QED) is 0.806. The molecule has 84 valence electrons. The molecule has 0 spiro atoms. The van der Waals surface area contributed by atoms with Gasteiger partial charge in [0.2, 0.25) is 0 Å². The van der Waals surface area contributed by atoms with Gasteiger partial charge in [-0.1, -0.05) is 19.0 Å². The van der Waals surface area contributed by atoms with Gasteiger partial charge in [0.1, 0.15) is 5.69 Å². The molecular weight excluding hydrogens is 190 g/mol. The minimum Gasteiger partial charge on any atom is -0.367 e. The van der Waals surface area contributed by atoms with Crippen molar-refractivity contribution in [2.45, 2.75) is 38.6 Å². The molecule has 0 amide bonds. The molecule has 4 heteroatoms. The van der Waals surface area contributed by atoms with Crippen LogP contribution in [-0.2, 0) is 0 Å². The monoisotopic (exact) mass is 209 g/mol. The van der Waals surface area contributed by atoms with Crippen LogP contribution in [0.5, 0.6) is 0 Å². The van der Waals surface area contributed by atoms with Crippen LogP contribution < -0.4 is 10.6 Å². The molecule has 2 rings (SSSR count). The fourth-order valence-corrected chi connectivity index (χ4v) is 2.02. The van der Waals surface area contributed by atoms with Gasteiger partial charge in [-0.3, -0.25) is 0 Å². The van der Waals surface area contributed by atoms with Crippen molar-refractivity contribution < 1.29 is 4.52 Å². The smallest absolute Gasteiger partial charge is 0.162 e. The lowest BCUT2D eigenvalue weighted by atomic mass is 10.0. The average Bonchev–Trinajstić information content (AvgIpc) is 2.67. The molecule has 2 heterocycles. The molecule has 1 aliphatic rings. The molecule has 4 nitrogen and oxygen atoms in total. The molecule has 2 N–H and O–H groups in total. The van der Waals surface area contributed by atoms with E-state index in [1.807, 2.05) is 6.20 Å². The highest BCUT2D eigenvalue weighted by Gasteiger charge is 2.22. The number of anilines is 1. The van der Waals surface area contributed by atoms with Crippen molar-refractivity contribution >= 4 is 5.69 Å². The fourth-order valence-electron chi connectivity index (χ4n) is 2.02. The minimum absolute atomic E-state index is 0.364. The van der Waals surface area contributed by atoms with Gasteiger partial charge in [0.25, 0.3) is 0 Å². The zero-order valence-corrected chi connectivity index (χ0v) is 9.44. The van der Waals surface area contributed by atoms with E-state index < -0.39 is 0 Å². The second-order valence-corrected chi connectivity index (χ2v) is 4.55. The molecule has 0 bridgehead atoms. The Morgan fingerprint density at radius 2 is 2.13 bits per heavy atom. The van der Waals surface area contributed by atoms with Crippen molar-refractivity contribution in [2.75, 3.05) is 18.0 Å². The van der Waals surface area contributed by atoms with Gasteiger partial charge in [-0.15, -0.1) is 0 Å². The van der Waals surface area contributed by atoms with Crippen LogP contribution in [0.4, 0.5) is 5.69 Å². The first kappa shape index (κ1) is 10.5.